The van der Waals surface area contributed by atoms with E-state index in [-0.39, 0.29) is 24.2 Å². The highest BCUT2D eigenvalue weighted by atomic mass is 16.5. The number of carbonyl (C=O) groups excluding carboxylic acids is 1. The van der Waals surface area contributed by atoms with E-state index in [1.807, 2.05) is 18.2 Å². The van der Waals surface area contributed by atoms with Crippen LogP contribution < -0.4 is 15.2 Å². The van der Waals surface area contributed by atoms with Gasteiger partial charge in [0.15, 0.2) is 17.0 Å². The minimum absolute atomic E-state index is 0.205. The number of hydrogen-bond acceptors (Lipinski definition) is 11. The number of unbranched alkanes of at least 4 members (excludes halogenated alkanes) is 2. The van der Waals surface area contributed by atoms with Gasteiger partial charge in [-0.1, -0.05) is 44.2 Å². The van der Waals surface area contributed by atoms with Crippen LogP contribution in [0, 0.1) is 0 Å². The highest BCUT2D eigenvalue weighted by Gasteiger charge is 2.17. The number of fused-ring (bicyclic) bond motifs is 1. The molecule has 3 rings (SSSR count). The van der Waals surface area contributed by atoms with Crippen molar-refractivity contribution in [2.45, 2.75) is 52.1 Å². The summed E-state index contributed by atoms with van der Waals surface area (Å²) in [5, 5.41) is 0. The van der Waals surface area contributed by atoms with Gasteiger partial charge in [-0.3, -0.25) is 9.36 Å². The average molecular weight is 606 g/mol. The molecular formula is C32H43N7O5. The number of nitrogens with zero attached hydrogens (tertiary/aromatic N) is 6. The van der Waals surface area contributed by atoms with E-state index in [2.05, 4.69) is 57.2 Å². The van der Waals surface area contributed by atoms with Crippen LogP contribution in [-0.4, -0.2) is 77.3 Å². The van der Waals surface area contributed by atoms with Crippen molar-refractivity contribution < 1.29 is 23.7 Å². The number of carbonyl (C=O) groups is 1. The number of anilines is 1. The molecule has 2 aromatic heterocycles. The summed E-state index contributed by atoms with van der Waals surface area (Å²) in [6.07, 6.45) is 8.83. The Hall–Kier alpha value is -4.67. The predicted molar refractivity (Wildman–Crippen MR) is 171 cm³/mol. The highest BCUT2D eigenvalue weighted by Crippen LogP contribution is 2.25. The summed E-state index contributed by atoms with van der Waals surface area (Å²) in [6.45, 7) is 8.82. The number of ether oxygens (including phenoxy) is 4. The molecule has 2 N–H and O–H groups in total. The highest BCUT2D eigenvalue weighted by molar-refractivity contribution is 5.88. The summed E-state index contributed by atoms with van der Waals surface area (Å²) in [7, 11) is 5.01. The fourth-order valence-electron chi connectivity index (χ4n) is 4.28. The molecule has 12 heteroatoms. The summed E-state index contributed by atoms with van der Waals surface area (Å²) >= 11 is 0. The molecule has 0 saturated heterocycles. The monoisotopic (exact) mass is 605 g/mol. The number of esters is 1. The van der Waals surface area contributed by atoms with Crippen molar-refractivity contribution in [3.63, 3.8) is 0 Å². The Morgan fingerprint density at radius 2 is 1.98 bits per heavy atom. The lowest BCUT2D eigenvalue weighted by molar-refractivity contribution is -0.139. The maximum atomic E-state index is 11.6. The number of aromatic nitrogens is 4. The van der Waals surface area contributed by atoms with E-state index in [4.69, 9.17) is 24.7 Å². The number of benzene rings is 1. The maximum Gasteiger partial charge on any atom is 0.320 e. The number of methoxy groups -OCH3 is 2. The second-order valence-corrected chi connectivity index (χ2v) is 10.0. The van der Waals surface area contributed by atoms with Crippen LogP contribution >= 0.6 is 0 Å². The van der Waals surface area contributed by atoms with Gasteiger partial charge in [-0.25, -0.2) is 4.99 Å². The summed E-state index contributed by atoms with van der Waals surface area (Å²) in [4.78, 5) is 31.1. The topological polar surface area (TPSA) is 139 Å². The molecule has 1 aromatic carbocycles. The zero-order valence-electron chi connectivity index (χ0n) is 26.1. The molecule has 0 radical (unpaired) electrons. The van der Waals surface area contributed by atoms with Gasteiger partial charge in [0.2, 0.25) is 5.90 Å². The predicted octanol–water partition coefficient (Wildman–Crippen LogP) is 4.49. The standard InChI is InChI=1S/C32H43N7O5/c1-6-8-19-44-31-36-29(33)28-30(37-31)39(32(35-28)42-5)18-10-9-16-26(34-7-2)43-20-12-11-17-38(3)23-25-15-13-14-24(21-25)22-27(40)41-4/h7,10,13-16,21H,2,6,8,11-12,17-20,22-23H2,1,3-5H3,(H2,33,36,37)/b34-26+. The molecule has 0 unspecified atom stereocenters. The lowest BCUT2D eigenvalue weighted by atomic mass is 10.1. The van der Waals surface area contributed by atoms with Crippen LogP contribution in [0.1, 0.15) is 43.7 Å². The van der Waals surface area contributed by atoms with Gasteiger partial charge in [0.05, 0.1) is 40.4 Å². The second-order valence-electron chi connectivity index (χ2n) is 10.0. The van der Waals surface area contributed by atoms with Crippen LogP contribution in [0.2, 0.25) is 0 Å². The van der Waals surface area contributed by atoms with Crippen LogP contribution in [0.3, 0.4) is 0 Å². The fourth-order valence-corrected chi connectivity index (χ4v) is 4.28. The summed E-state index contributed by atoms with van der Waals surface area (Å²) in [6, 6.07) is 8.56. The van der Waals surface area contributed by atoms with Crippen LogP contribution in [0.4, 0.5) is 5.82 Å². The molecular weight excluding hydrogens is 562 g/mol. The minimum Gasteiger partial charge on any atom is -0.477 e. The molecule has 236 valence electrons. The van der Waals surface area contributed by atoms with Gasteiger partial charge in [-0.05, 0) is 50.1 Å². The molecule has 0 aliphatic carbocycles. The van der Waals surface area contributed by atoms with Crippen LogP contribution in [-0.2, 0) is 33.8 Å². The van der Waals surface area contributed by atoms with Gasteiger partial charge in [0.1, 0.15) is 0 Å². The average Bonchev–Trinajstić information content (AvgIpc) is 3.37. The van der Waals surface area contributed by atoms with Crippen LogP contribution in [0.15, 0.2) is 59.9 Å². The summed E-state index contributed by atoms with van der Waals surface area (Å²) in [5.74, 6) is 0.394. The first-order chi connectivity index (χ1) is 21.4. The third-order valence-electron chi connectivity index (χ3n) is 6.50. The third kappa shape index (κ3) is 10.6. The van der Waals surface area contributed by atoms with Gasteiger partial charge < -0.3 is 29.6 Å². The van der Waals surface area contributed by atoms with Gasteiger partial charge in [-0.15, -0.1) is 5.73 Å². The van der Waals surface area contributed by atoms with Crippen molar-refractivity contribution in [2.24, 2.45) is 4.99 Å². The van der Waals surface area contributed by atoms with E-state index < -0.39 is 0 Å². The molecule has 0 aliphatic rings. The van der Waals surface area contributed by atoms with Gasteiger partial charge in [0.25, 0.3) is 6.01 Å². The third-order valence-corrected chi connectivity index (χ3v) is 6.50. The Morgan fingerprint density at radius 1 is 1.16 bits per heavy atom. The SMILES string of the molecule is C=C/N=C(\C=C=CCn1c(OC)nc2c(N)nc(OCCCC)nc21)OCCCCN(C)Cc1cccc(CC(=O)OC)c1. The molecule has 12 nitrogen and oxygen atoms in total. The van der Waals surface area contributed by atoms with Crippen molar-refractivity contribution in [2.75, 3.05) is 46.8 Å². The number of rotatable bonds is 18. The molecule has 2 heterocycles. The Kier molecular flexibility index (Phi) is 13.9. The minimum atomic E-state index is -0.241. The number of hydrogen-bond donors (Lipinski definition) is 1. The Morgan fingerprint density at radius 3 is 2.73 bits per heavy atom. The second kappa shape index (κ2) is 18.1. The van der Waals surface area contributed by atoms with Crippen molar-refractivity contribution in [1.82, 2.24) is 24.4 Å². The quantitative estimate of drug-likeness (QED) is 0.0725. The molecule has 44 heavy (non-hydrogen) atoms. The van der Waals surface area contributed by atoms with Gasteiger partial charge in [-0.2, -0.15) is 15.0 Å². The van der Waals surface area contributed by atoms with E-state index in [0.29, 0.717) is 42.8 Å². The van der Waals surface area contributed by atoms with Crippen LogP contribution in [0.5, 0.6) is 12.0 Å². The maximum absolute atomic E-state index is 11.6. The normalized spacial score (nSPS) is 11.2. The lowest BCUT2D eigenvalue weighted by Crippen LogP contribution is -2.19. The Labute approximate surface area is 258 Å². The smallest absolute Gasteiger partial charge is 0.320 e. The molecule has 0 amide bonds. The molecule has 0 aliphatic heterocycles. The van der Waals surface area contributed by atoms with Gasteiger partial charge in [0, 0.05) is 18.8 Å². The zero-order chi connectivity index (χ0) is 31.7. The molecule has 0 spiro atoms. The van der Waals surface area contributed by atoms with E-state index in [1.54, 1.807) is 16.7 Å². The first-order valence-corrected chi connectivity index (χ1v) is 14.6. The van der Waals surface area contributed by atoms with E-state index in [1.165, 1.54) is 20.4 Å². The van der Waals surface area contributed by atoms with Crippen molar-refractivity contribution in [1.29, 1.82) is 0 Å². The van der Waals surface area contributed by atoms with E-state index in [9.17, 15) is 4.79 Å². The van der Waals surface area contributed by atoms with Crippen molar-refractivity contribution in [3.05, 3.63) is 66.1 Å². The number of nitrogen functional groups attached to an aromatic ring is 1. The van der Waals surface area contributed by atoms with E-state index in [0.717, 1.165) is 49.9 Å². The Balaban J connectivity index is 1.51. The van der Waals surface area contributed by atoms with E-state index >= 15 is 0 Å². The molecule has 0 fully saturated rings. The number of imidazole rings is 1. The first kappa shape index (κ1) is 33.8. The zero-order valence-corrected chi connectivity index (χ0v) is 26.1. The largest absolute Gasteiger partial charge is 0.477 e. The number of aliphatic imine (C=N–C) groups is 1. The molecule has 0 atom stereocenters. The summed E-state index contributed by atoms with van der Waals surface area (Å²) < 4.78 is 23.5. The van der Waals surface area contributed by atoms with Gasteiger partial charge >= 0.3 is 12.0 Å². The van der Waals surface area contributed by atoms with Crippen molar-refractivity contribution >= 4 is 28.8 Å². The molecule has 0 saturated carbocycles. The van der Waals surface area contributed by atoms with Crippen LogP contribution in [0.25, 0.3) is 11.2 Å². The summed E-state index contributed by atoms with van der Waals surface area (Å²) in [5.41, 5.74) is 12.3. The Bertz CT molecular complexity index is 1480. The lowest BCUT2D eigenvalue weighted by Gasteiger charge is -2.17. The number of nitrogens with two attached hydrogens (primary N) is 1. The molecule has 3 aromatic rings. The van der Waals surface area contributed by atoms with Crippen molar-refractivity contribution in [3.8, 4) is 12.0 Å². The molecule has 0 bridgehead atoms. The first-order valence-electron chi connectivity index (χ1n) is 14.6. The fraction of sp³-hybridized carbons (Fsp3) is 0.438.